The van der Waals surface area contributed by atoms with Crippen LogP contribution in [0.1, 0.15) is 29.5 Å². The van der Waals surface area contributed by atoms with Crippen molar-refractivity contribution < 1.29 is 4.79 Å². The monoisotopic (exact) mass is 281 g/mol. The number of benzene rings is 2. The molecule has 0 radical (unpaired) electrons. The van der Waals surface area contributed by atoms with E-state index in [0.29, 0.717) is 6.42 Å². The van der Waals surface area contributed by atoms with Crippen LogP contribution < -0.4 is 5.32 Å². The number of nitrogens with one attached hydrogen (secondary N) is 1. The first-order valence-electron chi connectivity index (χ1n) is 7.60. The van der Waals surface area contributed by atoms with E-state index in [9.17, 15) is 4.79 Å². The Morgan fingerprint density at radius 1 is 0.857 bits per heavy atom. The second kappa shape index (κ2) is 8.25. The summed E-state index contributed by atoms with van der Waals surface area (Å²) >= 11 is 0. The Hall–Kier alpha value is -2.09. The number of unbranched alkanes of at least 4 members (excludes halogenated alkanes) is 1. The molecule has 1 amide bonds. The van der Waals surface area contributed by atoms with Crippen molar-refractivity contribution in [3.63, 3.8) is 0 Å². The Balaban J connectivity index is 1.78. The number of hydrogen-bond acceptors (Lipinski definition) is 1. The highest BCUT2D eigenvalue weighted by Gasteiger charge is 2.02. The molecule has 0 atom stereocenters. The summed E-state index contributed by atoms with van der Waals surface area (Å²) in [6, 6.07) is 19.0. The van der Waals surface area contributed by atoms with Crippen molar-refractivity contribution >= 4 is 5.91 Å². The first kappa shape index (κ1) is 15.3. The lowest BCUT2D eigenvalue weighted by Crippen LogP contribution is -2.19. The fourth-order valence-corrected chi connectivity index (χ4v) is 2.47. The van der Waals surface area contributed by atoms with Gasteiger partial charge in [0, 0.05) is 7.05 Å². The predicted octanol–water partition coefficient (Wildman–Crippen LogP) is 3.54. The van der Waals surface area contributed by atoms with E-state index in [0.717, 1.165) is 18.4 Å². The molecule has 2 aromatic carbocycles. The summed E-state index contributed by atoms with van der Waals surface area (Å²) in [5.74, 6) is 0.0660. The number of rotatable bonds is 7. The van der Waals surface area contributed by atoms with Gasteiger partial charge in [-0.1, -0.05) is 54.6 Å². The van der Waals surface area contributed by atoms with Gasteiger partial charge in [-0.3, -0.25) is 4.79 Å². The van der Waals surface area contributed by atoms with Gasteiger partial charge >= 0.3 is 0 Å². The second-order valence-electron chi connectivity index (χ2n) is 5.36. The third-order valence-corrected chi connectivity index (χ3v) is 3.66. The molecule has 0 spiro atoms. The van der Waals surface area contributed by atoms with Crippen molar-refractivity contribution in [3.8, 4) is 0 Å². The van der Waals surface area contributed by atoms with Crippen molar-refractivity contribution in [1.82, 2.24) is 5.32 Å². The molecule has 2 nitrogen and oxygen atoms in total. The molecule has 0 aliphatic rings. The SMILES string of the molecule is CNC(=O)Cc1cccc(CCCCc2ccccc2)c1. The van der Waals surface area contributed by atoms with Gasteiger partial charge in [-0.15, -0.1) is 0 Å². The fraction of sp³-hybridized carbons (Fsp3) is 0.316. The molecule has 2 aromatic rings. The zero-order chi connectivity index (χ0) is 14.9. The van der Waals surface area contributed by atoms with Crippen molar-refractivity contribution in [1.29, 1.82) is 0 Å². The predicted molar refractivity (Wildman–Crippen MR) is 87.3 cm³/mol. The van der Waals surface area contributed by atoms with Gasteiger partial charge in [0.25, 0.3) is 0 Å². The molecule has 2 rings (SSSR count). The van der Waals surface area contributed by atoms with E-state index in [2.05, 4.69) is 47.8 Å². The van der Waals surface area contributed by atoms with E-state index < -0.39 is 0 Å². The third-order valence-electron chi connectivity index (χ3n) is 3.66. The normalized spacial score (nSPS) is 10.3. The zero-order valence-electron chi connectivity index (χ0n) is 12.6. The summed E-state index contributed by atoms with van der Waals surface area (Å²) in [6.45, 7) is 0. The minimum absolute atomic E-state index is 0.0660. The lowest BCUT2D eigenvalue weighted by atomic mass is 10.0. The average Bonchev–Trinajstić information content (AvgIpc) is 2.53. The maximum absolute atomic E-state index is 11.4. The topological polar surface area (TPSA) is 29.1 Å². The van der Waals surface area contributed by atoms with E-state index in [-0.39, 0.29) is 5.91 Å². The van der Waals surface area contributed by atoms with Crippen molar-refractivity contribution in [2.24, 2.45) is 0 Å². The molecule has 0 saturated carbocycles. The van der Waals surface area contributed by atoms with Crippen LogP contribution in [-0.2, 0) is 24.1 Å². The molecule has 0 unspecified atom stereocenters. The highest BCUT2D eigenvalue weighted by molar-refractivity contribution is 5.78. The number of likely N-dealkylation sites (N-methyl/N-ethyl adjacent to an activating group) is 1. The Labute approximate surface area is 127 Å². The summed E-state index contributed by atoms with van der Waals surface area (Å²) in [4.78, 5) is 11.4. The first-order valence-corrected chi connectivity index (χ1v) is 7.60. The number of carbonyl (C=O) groups excluding carboxylic acids is 1. The largest absolute Gasteiger partial charge is 0.359 e. The summed E-state index contributed by atoms with van der Waals surface area (Å²) in [5, 5.41) is 2.66. The maximum atomic E-state index is 11.4. The van der Waals surface area contributed by atoms with Gasteiger partial charge in [0.1, 0.15) is 0 Å². The van der Waals surface area contributed by atoms with Crippen molar-refractivity contribution in [3.05, 3.63) is 71.3 Å². The molecule has 0 heterocycles. The van der Waals surface area contributed by atoms with Crippen LogP contribution in [0.3, 0.4) is 0 Å². The van der Waals surface area contributed by atoms with Gasteiger partial charge < -0.3 is 5.32 Å². The Bertz CT molecular complexity index is 563. The van der Waals surface area contributed by atoms with E-state index in [4.69, 9.17) is 0 Å². The Morgan fingerprint density at radius 2 is 1.48 bits per heavy atom. The third kappa shape index (κ3) is 5.42. The van der Waals surface area contributed by atoms with Crippen molar-refractivity contribution in [2.45, 2.75) is 32.1 Å². The van der Waals surface area contributed by atoms with Crippen LogP contribution in [0, 0.1) is 0 Å². The van der Waals surface area contributed by atoms with Crippen LogP contribution in [0.5, 0.6) is 0 Å². The highest BCUT2D eigenvalue weighted by atomic mass is 16.1. The molecular weight excluding hydrogens is 258 g/mol. The minimum Gasteiger partial charge on any atom is -0.359 e. The van der Waals surface area contributed by atoms with Gasteiger partial charge in [0.2, 0.25) is 5.91 Å². The van der Waals surface area contributed by atoms with E-state index >= 15 is 0 Å². The van der Waals surface area contributed by atoms with Gasteiger partial charge in [-0.05, 0) is 42.4 Å². The van der Waals surface area contributed by atoms with E-state index in [1.165, 1.54) is 24.0 Å². The van der Waals surface area contributed by atoms with Gasteiger partial charge in [0.15, 0.2) is 0 Å². The fourth-order valence-electron chi connectivity index (χ4n) is 2.47. The van der Waals surface area contributed by atoms with Crippen molar-refractivity contribution in [2.75, 3.05) is 7.05 Å². The summed E-state index contributed by atoms with van der Waals surface area (Å²) in [7, 11) is 1.68. The lowest BCUT2D eigenvalue weighted by Gasteiger charge is -2.05. The van der Waals surface area contributed by atoms with Crippen LogP contribution in [0.15, 0.2) is 54.6 Å². The molecule has 21 heavy (non-hydrogen) atoms. The van der Waals surface area contributed by atoms with Gasteiger partial charge in [0.05, 0.1) is 6.42 Å². The second-order valence-corrected chi connectivity index (χ2v) is 5.36. The van der Waals surface area contributed by atoms with E-state index in [1.54, 1.807) is 7.05 Å². The van der Waals surface area contributed by atoms with Crippen LogP contribution >= 0.6 is 0 Å². The van der Waals surface area contributed by atoms with Gasteiger partial charge in [-0.25, -0.2) is 0 Å². The van der Waals surface area contributed by atoms with Crippen LogP contribution in [-0.4, -0.2) is 13.0 Å². The van der Waals surface area contributed by atoms with Gasteiger partial charge in [-0.2, -0.15) is 0 Å². The number of carbonyl (C=O) groups is 1. The number of hydrogen-bond donors (Lipinski definition) is 1. The quantitative estimate of drug-likeness (QED) is 0.773. The molecule has 0 fully saturated rings. The highest BCUT2D eigenvalue weighted by Crippen LogP contribution is 2.11. The van der Waals surface area contributed by atoms with E-state index in [1.807, 2.05) is 12.1 Å². The molecular formula is C19H23NO. The molecule has 0 saturated heterocycles. The first-order chi connectivity index (χ1) is 10.3. The molecule has 0 bridgehead atoms. The average molecular weight is 281 g/mol. The maximum Gasteiger partial charge on any atom is 0.224 e. The van der Waals surface area contributed by atoms with Crippen LogP contribution in [0.2, 0.25) is 0 Å². The van der Waals surface area contributed by atoms with Crippen LogP contribution in [0.25, 0.3) is 0 Å². The zero-order valence-corrected chi connectivity index (χ0v) is 12.6. The molecule has 2 heteroatoms. The Morgan fingerprint density at radius 3 is 2.19 bits per heavy atom. The minimum atomic E-state index is 0.0660. The smallest absolute Gasteiger partial charge is 0.224 e. The van der Waals surface area contributed by atoms with Crippen LogP contribution in [0.4, 0.5) is 0 Å². The molecule has 0 aliphatic heterocycles. The molecule has 1 N–H and O–H groups in total. The standard InChI is InChI=1S/C19H23NO/c1-20-19(21)15-18-13-7-12-17(14-18)11-6-5-10-16-8-3-2-4-9-16/h2-4,7-9,12-14H,5-6,10-11,15H2,1H3,(H,20,21). The lowest BCUT2D eigenvalue weighted by molar-refractivity contribution is -0.119. The molecule has 0 aliphatic carbocycles. The molecule has 0 aromatic heterocycles. The number of aryl methyl sites for hydroxylation is 2. The summed E-state index contributed by atoms with van der Waals surface area (Å²) in [5.41, 5.74) is 3.82. The Kier molecular flexibility index (Phi) is 6.01. The summed E-state index contributed by atoms with van der Waals surface area (Å²) in [6.07, 6.45) is 5.06. The summed E-state index contributed by atoms with van der Waals surface area (Å²) < 4.78 is 0. The molecule has 110 valence electrons. The number of amides is 1.